The lowest BCUT2D eigenvalue weighted by atomic mass is 9.93. The highest BCUT2D eigenvalue weighted by molar-refractivity contribution is 5.87. The third-order valence-corrected chi connectivity index (χ3v) is 7.65. The van der Waals surface area contributed by atoms with E-state index < -0.39 is 18.0 Å². The molecular weight excluding hydrogens is 509 g/mol. The van der Waals surface area contributed by atoms with E-state index in [4.69, 9.17) is 10.1 Å². The maximum atomic E-state index is 15.3. The summed E-state index contributed by atoms with van der Waals surface area (Å²) in [5.74, 6) is -1.55. The van der Waals surface area contributed by atoms with E-state index in [1.807, 2.05) is 30.0 Å². The quantitative estimate of drug-likeness (QED) is 0.296. The Morgan fingerprint density at radius 2 is 1.93 bits per heavy atom. The van der Waals surface area contributed by atoms with E-state index in [9.17, 15) is 9.90 Å². The molecule has 1 aliphatic heterocycles. The third-order valence-electron chi connectivity index (χ3n) is 7.65. The van der Waals surface area contributed by atoms with Crippen molar-refractivity contribution in [1.82, 2.24) is 24.5 Å². The summed E-state index contributed by atoms with van der Waals surface area (Å²) in [4.78, 5) is 22.0. The van der Waals surface area contributed by atoms with Crippen LogP contribution in [0.5, 0.6) is 0 Å². The van der Waals surface area contributed by atoms with Gasteiger partial charge in [-0.1, -0.05) is 37.3 Å². The highest BCUT2D eigenvalue weighted by Gasteiger charge is 2.30. The molecule has 0 saturated carbocycles. The normalized spacial score (nSPS) is 16.1. The van der Waals surface area contributed by atoms with Gasteiger partial charge in [0.05, 0.1) is 22.6 Å². The Balaban J connectivity index is 1.32. The van der Waals surface area contributed by atoms with Gasteiger partial charge >= 0.3 is 5.97 Å². The number of nitrogens with zero attached hydrogens (tertiary/aromatic N) is 5. The van der Waals surface area contributed by atoms with Gasteiger partial charge in [-0.15, -0.1) is 0 Å². The van der Waals surface area contributed by atoms with E-state index in [1.165, 1.54) is 29.5 Å². The lowest BCUT2D eigenvalue weighted by Crippen LogP contribution is -2.37. The van der Waals surface area contributed by atoms with E-state index in [-0.39, 0.29) is 11.6 Å². The Kier molecular flexibility index (Phi) is 6.61. The number of carbonyl (C=O) groups is 1. The van der Waals surface area contributed by atoms with E-state index in [1.54, 1.807) is 28.8 Å². The smallest absolute Gasteiger partial charge is 0.337 e. The van der Waals surface area contributed by atoms with Gasteiger partial charge in [-0.05, 0) is 61.2 Å². The predicted molar refractivity (Wildman–Crippen MR) is 148 cm³/mol. The maximum absolute atomic E-state index is 15.3. The van der Waals surface area contributed by atoms with Crippen molar-refractivity contribution in [1.29, 1.82) is 0 Å². The van der Waals surface area contributed by atoms with Crippen LogP contribution in [0.15, 0.2) is 72.9 Å². The van der Waals surface area contributed by atoms with E-state index in [0.717, 1.165) is 12.1 Å². The molecule has 0 radical (unpaired) electrons. The molecule has 0 saturated heterocycles. The van der Waals surface area contributed by atoms with Crippen molar-refractivity contribution in [3.63, 3.8) is 0 Å². The number of halogens is 1. The van der Waals surface area contributed by atoms with E-state index in [0.29, 0.717) is 46.8 Å². The van der Waals surface area contributed by atoms with Crippen LogP contribution in [0.4, 0.5) is 4.39 Å². The molecule has 4 heterocycles. The number of carboxylic acids is 1. The minimum Gasteiger partial charge on any atom is -0.478 e. The first-order chi connectivity index (χ1) is 19.3. The van der Waals surface area contributed by atoms with Crippen LogP contribution in [0.25, 0.3) is 28.2 Å². The molecule has 6 rings (SSSR count). The fourth-order valence-electron chi connectivity index (χ4n) is 5.44. The highest BCUT2D eigenvalue weighted by atomic mass is 19.1. The molecule has 9 heteroatoms. The fourth-order valence-corrected chi connectivity index (χ4v) is 5.44. The highest BCUT2D eigenvalue weighted by Crippen LogP contribution is 2.35. The predicted octanol–water partition coefficient (Wildman–Crippen LogP) is 5.47. The van der Waals surface area contributed by atoms with Crippen molar-refractivity contribution >= 4 is 11.6 Å². The Morgan fingerprint density at radius 1 is 1.10 bits per heavy atom. The molecule has 2 aromatic carbocycles. The first kappa shape index (κ1) is 25.8. The number of aryl methyl sites for hydroxylation is 1. The zero-order valence-corrected chi connectivity index (χ0v) is 22.1. The minimum atomic E-state index is -1.07. The molecule has 2 N–H and O–H groups in total. The number of benzene rings is 2. The largest absolute Gasteiger partial charge is 0.478 e. The first-order valence-corrected chi connectivity index (χ1v) is 13.2. The van der Waals surface area contributed by atoms with Crippen molar-refractivity contribution < 1.29 is 19.4 Å². The molecular formula is C31H28FN5O3. The van der Waals surface area contributed by atoms with Gasteiger partial charge in [-0.25, -0.2) is 18.7 Å². The van der Waals surface area contributed by atoms with Gasteiger partial charge in [0.1, 0.15) is 5.82 Å². The van der Waals surface area contributed by atoms with Gasteiger partial charge in [-0.3, -0.25) is 9.88 Å². The zero-order chi connectivity index (χ0) is 28.0. The van der Waals surface area contributed by atoms with Crippen LogP contribution >= 0.6 is 0 Å². The van der Waals surface area contributed by atoms with Gasteiger partial charge in [-0.2, -0.15) is 5.10 Å². The van der Waals surface area contributed by atoms with Crippen molar-refractivity contribution in [2.75, 3.05) is 6.54 Å². The molecule has 0 spiro atoms. The van der Waals surface area contributed by atoms with Crippen LogP contribution in [0.3, 0.4) is 0 Å². The van der Waals surface area contributed by atoms with E-state index >= 15 is 4.39 Å². The molecule has 5 aromatic rings. The van der Waals surface area contributed by atoms with Crippen LogP contribution in [0.2, 0.25) is 0 Å². The molecule has 1 unspecified atom stereocenters. The van der Waals surface area contributed by atoms with Crippen LogP contribution in [0.1, 0.15) is 59.0 Å². The van der Waals surface area contributed by atoms with Crippen molar-refractivity contribution in [2.24, 2.45) is 0 Å². The molecule has 40 heavy (non-hydrogen) atoms. The Bertz CT molecular complexity index is 1730. The minimum absolute atomic E-state index is 0.0333. The van der Waals surface area contributed by atoms with Gasteiger partial charge < -0.3 is 10.2 Å². The summed E-state index contributed by atoms with van der Waals surface area (Å²) in [7, 11) is 0. The van der Waals surface area contributed by atoms with Crippen LogP contribution < -0.4 is 0 Å². The Labute approximate surface area is 230 Å². The summed E-state index contributed by atoms with van der Waals surface area (Å²) in [5, 5.41) is 25.1. The number of fused-ring (bicyclic) bond motifs is 2. The number of aliphatic hydroxyl groups is 1. The summed E-state index contributed by atoms with van der Waals surface area (Å²) in [6.07, 6.45) is 1.86. The standard InChI is InChI=1S/C31H28FN5O3/c1-3-22-15-28(30(38)36-13-12-19-6-4-5-7-23(19)18(36)2)34-29-16-27(35-37(22)29)24-10-8-20(14-25(24)32)26-11-9-21(17-33-26)31(39)40/h4-11,14-18,30,38H,3,12-13H2,1-2H3,(H,39,40)/t18-,30?/m1/s1. The second-order valence-corrected chi connectivity index (χ2v) is 9.99. The maximum Gasteiger partial charge on any atom is 0.337 e. The van der Waals surface area contributed by atoms with Crippen molar-refractivity contribution in [2.45, 2.75) is 39.0 Å². The topological polar surface area (TPSA) is 104 Å². The number of aromatic nitrogens is 4. The Hall–Kier alpha value is -4.47. The summed E-state index contributed by atoms with van der Waals surface area (Å²) in [6.45, 7) is 4.81. The average molecular weight is 538 g/mol. The lowest BCUT2D eigenvalue weighted by Gasteiger charge is -2.38. The van der Waals surface area contributed by atoms with Gasteiger partial charge in [0, 0.05) is 41.7 Å². The van der Waals surface area contributed by atoms with Crippen LogP contribution in [0, 0.1) is 5.82 Å². The number of carboxylic acid groups (broad SMARTS) is 1. The second-order valence-electron chi connectivity index (χ2n) is 9.99. The molecule has 0 bridgehead atoms. The molecule has 3 aromatic heterocycles. The number of hydrogen-bond acceptors (Lipinski definition) is 6. The van der Waals surface area contributed by atoms with Crippen LogP contribution in [-0.4, -0.2) is 47.2 Å². The fraction of sp³-hybridized carbons (Fsp3) is 0.226. The molecule has 8 nitrogen and oxygen atoms in total. The van der Waals surface area contributed by atoms with Crippen LogP contribution in [-0.2, 0) is 12.8 Å². The Morgan fingerprint density at radius 3 is 2.65 bits per heavy atom. The number of aromatic carboxylic acids is 1. The first-order valence-electron chi connectivity index (χ1n) is 13.2. The molecule has 1 aliphatic rings. The van der Waals surface area contributed by atoms with Crippen molar-refractivity contribution in [3.05, 3.63) is 107 Å². The summed E-state index contributed by atoms with van der Waals surface area (Å²) in [5.41, 5.74) is 6.22. The lowest BCUT2D eigenvalue weighted by molar-refractivity contribution is -0.0311. The number of rotatable bonds is 6. The summed E-state index contributed by atoms with van der Waals surface area (Å²) < 4.78 is 17.0. The molecule has 202 valence electrons. The van der Waals surface area contributed by atoms with Gasteiger partial charge in [0.15, 0.2) is 11.9 Å². The average Bonchev–Trinajstić information content (AvgIpc) is 3.40. The molecule has 0 aliphatic carbocycles. The molecule has 0 fully saturated rings. The molecule has 2 atom stereocenters. The third kappa shape index (κ3) is 4.53. The van der Waals surface area contributed by atoms with Gasteiger partial charge in [0.25, 0.3) is 0 Å². The SMILES string of the molecule is CCc1cc(C(O)N2CCc3ccccc3[C@H]2C)nc2cc(-c3ccc(-c4ccc(C(=O)O)cn4)cc3F)nn12. The number of pyridine rings is 1. The number of hydrogen-bond donors (Lipinski definition) is 2. The van der Waals surface area contributed by atoms with Crippen molar-refractivity contribution in [3.8, 4) is 22.5 Å². The zero-order valence-electron chi connectivity index (χ0n) is 22.1. The number of aliphatic hydroxyl groups excluding tert-OH is 1. The summed E-state index contributed by atoms with van der Waals surface area (Å²) in [6, 6.07) is 19.7. The summed E-state index contributed by atoms with van der Waals surface area (Å²) >= 11 is 0. The van der Waals surface area contributed by atoms with E-state index in [2.05, 4.69) is 29.1 Å². The monoisotopic (exact) mass is 537 g/mol. The molecule has 0 amide bonds. The second kappa shape index (κ2) is 10.3. The van der Waals surface area contributed by atoms with Gasteiger partial charge in [0.2, 0.25) is 0 Å².